The first-order valence-electron chi connectivity index (χ1n) is 4.31. The van der Waals surface area contributed by atoms with Gasteiger partial charge in [-0.15, -0.1) is 0 Å². The van der Waals surface area contributed by atoms with Crippen molar-refractivity contribution in [2.24, 2.45) is 0 Å². The maximum absolute atomic E-state index is 5.69. The summed E-state index contributed by atoms with van der Waals surface area (Å²) in [5.41, 5.74) is 0. The highest BCUT2D eigenvalue weighted by Crippen LogP contribution is 2.05. The summed E-state index contributed by atoms with van der Waals surface area (Å²) in [5.74, 6) is 1.01. The van der Waals surface area contributed by atoms with Crippen LogP contribution >= 0.6 is 12.6 Å². The summed E-state index contributed by atoms with van der Waals surface area (Å²) in [4.78, 5) is 0. The van der Waals surface area contributed by atoms with Crippen molar-refractivity contribution in [3.05, 3.63) is 0 Å². The van der Waals surface area contributed by atoms with E-state index in [2.05, 4.69) is 32.3 Å². The minimum Gasteiger partial charge on any atom is -0.418 e. The Morgan fingerprint density at radius 3 is 2.18 bits per heavy atom. The maximum atomic E-state index is 5.69. The summed E-state index contributed by atoms with van der Waals surface area (Å²) in [6.07, 6.45) is 3.68. The highest BCUT2D eigenvalue weighted by molar-refractivity contribution is 7.80. The topological polar surface area (TPSA) is 9.23 Å². The van der Waals surface area contributed by atoms with Gasteiger partial charge in [0.15, 0.2) is 8.32 Å². The zero-order valence-corrected chi connectivity index (χ0v) is 9.79. The van der Waals surface area contributed by atoms with E-state index in [4.69, 9.17) is 4.43 Å². The molecule has 0 aromatic rings. The van der Waals surface area contributed by atoms with E-state index >= 15 is 0 Å². The molecule has 0 aromatic carbocycles. The van der Waals surface area contributed by atoms with E-state index in [1.165, 1.54) is 19.3 Å². The van der Waals surface area contributed by atoms with Crippen LogP contribution in [0.3, 0.4) is 0 Å². The first-order valence-corrected chi connectivity index (χ1v) is 8.35. The van der Waals surface area contributed by atoms with Crippen LogP contribution in [0.25, 0.3) is 0 Å². The van der Waals surface area contributed by atoms with Crippen molar-refractivity contribution in [2.75, 3.05) is 12.4 Å². The second kappa shape index (κ2) is 6.09. The van der Waals surface area contributed by atoms with Gasteiger partial charge >= 0.3 is 0 Å². The van der Waals surface area contributed by atoms with Crippen molar-refractivity contribution in [2.45, 2.75) is 38.9 Å². The molecular weight excluding hydrogens is 172 g/mol. The van der Waals surface area contributed by atoms with Crippen LogP contribution < -0.4 is 0 Å². The Hall–Kier alpha value is 0.527. The average molecular weight is 192 g/mol. The summed E-state index contributed by atoms with van der Waals surface area (Å²) in [5, 5.41) is 0. The molecule has 0 saturated heterocycles. The van der Waals surface area contributed by atoms with E-state index in [1.807, 2.05) is 0 Å². The standard InChI is InChI=1S/C8H20OSSi/c1-11(2,3)9-7-5-4-6-8-10/h10H,4-8H2,1-3H3. The van der Waals surface area contributed by atoms with Crippen LogP contribution in [0.5, 0.6) is 0 Å². The van der Waals surface area contributed by atoms with Crippen molar-refractivity contribution >= 4 is 20.9 Å². The minimum absolute atomic E-state index is 0.948. The van der Waals surface area contributed by atoms with Crippen LogP contribution in [0.15, 0.2) is 0 Å². The summed E-state index contributed by atoms with van der Waals surface area (Å²) in [7, 11) is -1.24. The van der Waals surface area contributed by atoms with E-state index in [9.17, 15) is 0 Å². The molecule has 0 atom stereocenters. The van der Waals surface area contributed by atoms with Crippen LogP contribution in [0.4, 0.5) is 0 Å². The molecular formula is C8H20OSSi. The van der Waals surface area contributed by atoms with Crippen molar-refractivity contribution in [3.63, 3.8) is 0 Å². The molecule has 0 heterocycles. The lowest BCUT2D eigenvalue weighted by molar-refractivity contribution is 0.300. The Balaban J connectivity index is 3.02. The first-order chi connectivity index (χ1) is 5.06. The largest absolute Gasteiger partial charge is 0.418 e. The van der Waals surface area contributed by atoms with Gasteiger partial charge in [-0.2, -0.15) is 12.6 Å². The molecule has 0 fully saturated rings. The number of unbranched alkanes of at least 4 members (excludes halogenated alkanes) is 2. The van der Waals surface area contributed by atoms with Crippen LogP contribution in [0.1, 0.15) is 19.3 Å². The zero-order chi connectivity index (χ0) is 8.74. The Morgan fingerprint density at radius 2 is 1.73 bits per heavy atom. The third-order valence-corrected chi connectivity index (χ3v) is 2.72. The third-order valence-electron chi connectivity index (χ3n) is 1.34. The lowest BCUT2D eigenvalue weighted by Crippen LogP contribution is -2.25. The molecule has 0 saturated carbocycles. The fourth-order valence-electron chi connectivity index (χ4n) is 0.769. The highest BCUT2D eigenvalue weighted by atomic mass is 32.1. The van der Waals surface area contributed by atoms with Crippen molar-refractivity contribution in [1.82, 2.24) is 0 Å². The van der Waals surface area contributed by atoms with Crippen molar-refractivity contribution in [3.8, 4) is 0 Å². The molecule has 0 amide bonds. The number of rotatable bonds is 6. The summed E-state index contributed by atoms with van der Waals surface area (Å²) in [6.45, 7) is 7.63. The average Bonchev–Trinajstić information content (AvgIpc) is 1.85. The second-order valence-corrected chi connectivity index (χ2v) is 8.71. The molecule has 1 nitrogen and oxygen atoms in total. The van der Waals surface area contributed by atoms with Gasteiger partial charge in [0.2, 0.25) is 0 Å². The molecule has 3 heteroatoms. The smallest absolute Gasteiger partial charge is 0.183 e. The summed E-state index contributed by atoms with van der Waals surface area (Å²) >= 11 is 4.15. The van der Waals surface area contributed by atoms with Gasteiger partial charge in [-0.1, -0.05) is 6.42 Å². The lowest BCUT2D eigenvalue weighted by Gasteiger charge is -2.16. The molecule has 0 aliphatic carbocycles. The monoisotopic (exact) mass is 192 g/mol. The predicted octanol–water partition coefficient (Wildman–Crippen LogP) is 2.94. The van der Waals surface area contributed by atoms with Gasteiger partial charge in [-0.25, -0.2) is 0 Å². The van der Waals surface area contributed by atoms with E-state index in [0.29, 0.717) is 0 Å². The van der Waals surface area contributed by atoms with Gasteiger partial charge in [-0.3, -0.25) is 0 Å². The molecule has 0 aliphatic heterocycles. The Labute approximate surface area is 77.1 Å². The zero-order valence-electron chi connectivity index (χ0n) is 7.89. The van der Waals surface area contributed by atoms with Gasteiger partial charge in [-0.05, 0) is 38.2 Å². The van der Waals surface area contributed by atoms with Gasteiger partial charge in [0.05, 0.1) is 0 Å². The fraction of sp³-hybridized carbons (Fsp3) is 1.00. The van der Waals surface area contributed by atoms with E-state index < -0.39 is 8.32 Å². The van der Waals surface area contributed by atoms with E-state index in [1.54, 1.807) is 0 Å². The maximum Gasteiger partial charge on any atom is 0.183 e. The van der Waals surface area contributed by atoms with Crippen LogP contribution in [0, 0.1) is 0 Å². The Morgan fingerprint density at radius 1 is 1.09 bits per heavy atom. The normalized spacial score (nSPS) is 12.0. The fourth-order valence-corrected chi connectivity index (χ4v) is 1.75. The molecule has 0 aromatic heterocycles. The predicted molar refractivity (Wildman–Crippen MR) is 57.0 cm³/mol. The SMILES string of the molecule is C[Si](C)(C)OCCCCCS. The van der Waals surface area contributed by atoms with Gasteiger partial charge < -0.3 is 4.43 Å². The lowest BCUT2D eigenvalue weighted by atomic mass is 10.3. The number of thiol groups is 1. The molecule has 0 radical (unpaired) electrons. The van der Waals surface area contributed by atoms with Crippen molar-refractivity contribution in [1.29, 1.82) is 0 Å². The Kier molecular flexibility index (Phi) is 6.38. The summed E-state index contributed by atoms with van der Waals surface area (Å²) < 4.78 is 5.69. The van der Waals surface area contributed by atoms with Gasteiger partial charge in [0, 0.05) is 6.61 Å². The van der Waals surface area contributed by atoms with E-state index in [-0.39, 0.29) is 0 Å². The van der Waals surface area contributed by atoms with Gasteiger partial charge in [0.1, 0.15) is 0 Å². The van der Waals surface area contributed by atoms with Crippen LogP contribution in [-0.2, 0) is 4.43 Å². The number of hydrogen-bond donors (Lipinski definition) is 1. The molecule has 0 aliphatic rings. The quantitative estimate of drug-likeness (QED) is 0.387. The molecule has 0 unspecified atom stereocenters. The van der Waals surface area contributed by atoms with Crippen molar-refractivity contribution < 1.29 is 4.43 Å². The molecule has 68 valence electrons. The van der Waals surface area contributed by atoms with E-state index in [0.717, 1.165) is 12.4 Å². The number of hydrogen-bond acceptors (Lipinski definition) is 2. The minimum atomic E-state index is -1.24. The second-order valence-electron chi connectivity index (χ2n) is 3.75. The summed E-state index contributed by atoms with van der Waals surface area (Å²) in [6, 6.07) is 0. The third kappa shape index (κ3) is 10.5. The molecule has 0 N–H and O–H groups in total. The molecule has 0 rings (SSSR count). The van der Waals surface area contributed by atoms with Crippen LogP contribution in [-0.4, -0.2) is 20.7 Å². The molecule has 0 spiro atoms. The van der Waals surface area contributed by atoms with Crippen LogP contribution in [0.2, 0.25) is 19.6 Å². The Bertz CT molecular complexity index is 90.6. The molecule has 11 heavy (non-hydrogen) atoms. The van der Waals surface area contributed by atoms with Gasteiger partial charge in [0.25, 0.3) is 0 Å². The highest BCUT2D eigenvalue weighted by Gasteiger charge is 2.12. The first kappa shape index (κ1) is 11.5. The molecule has 0 bridgehead atoms.